The largest absolute Gasteiger partial charge is 0.483 e. The van der Waals surface area contributed by atoms with Gasteiger partial charge >= 0.3 is 0 Å². The first-order chi connectivity index (χ1) is 9.11. The summed E-state index contributed by atoms with van der Waals surface area (Å²) >= 11 is 13.5. The average Bonchev–Trinajstić information content (AvgIpc) is 2.93. The van der Waals surface area contributed by atoms with Crippen LogP contribution in [-0.2, 0) is 0 Å². The van der Waals surface area contributed by atoms with Gasteiger partial charge < -0.3 is 10.5 Å². The lowest BCUT2D eigenvalue weighted by molar-refractivity contribution is 0.174. The lowest BCUT2D eigenvalue weighted by Gasteiger charge is -2.23. The van der Waals surface area contributed by atoms with Crippen LogP contribution >= 0.6 is 34.5 Å². The van der Waals surface area contributed by atoms with E-state index in [9.17, 15) is 0 Å². The van der Waals surface area contributed by atoms with Crippen molar-refractivity contribution in [2.24, 2.45) is 5.73 Å². The van der Waals surface area contributed by atoms with E-state index in [0.717, 1.165) is 11.3 Å². The van der Waals surface area contributed by atoms with Crippen molar-refractivity contribution in [2.45, 2.75) is 25.5 Å². The second-order valence-electron chi connectivity index (χ2n) is 4.20. The highest BCUT2D eigenvalue weighted by Gasteiger charge is 2.21. The van der Waals surface area contributed by atoms with Crippen LogP contribution in [0, 0.1) is 0 Å². The van der Waals surface area contributed by atoms with E-state index in [1.165, 1.54) is 0 Å². The minimum atomic E-state index is -0.165. The van der Waals surface area contributed by atoms with Crippen molar-refractivity contribution >= 4 is 34.5 Å². The molecule has 0 saturated carbocycles. The second-order valence-corrected chi connectivity index (χ2v) is 6.00. The first-order valence-corrected chi connectivity index (χ1v) is 7.66. The molecule has 1 aromatic carbocycles. The fourth-order valence-corrected chi connectivity index (χ4v) is 2.84. The minimum Gasteiger partial charge on any atom is -0.483 e. The number of hydrogen-bond donors (Lipinski definition) is 1. The number of hydrogen-bond acceptors (Lipinski definition) is 3. The Morgan fingerprint density at radius 1 is 1.26 bits per heavy atom. The van der Waals surface area contributed by atoms with Gasteiger partial charge in [-0.25, -0.2) is 0 Å². The highest BCUT2D eigenvalue weighted by Crippen LogP contribution is 2.32. The quantitative estimate of drug-likeness (QED) is 0.850. The molecule has 0 aliphatic rings. The molecule has 0 amide bonds. The molecule has 0 fully saturated rings. The minimum absolute atomic E-state index is 0.0619. The number of ether oxygens (including phenoxy) is 1. The fourth-order valence-electron chi connectivity index (χ4n) is 1.72. The van der Waals surface area contributed by atoms with Crippen molar-refractivity contribution in [1.29, 1.82) is 0 Å². The molecular formula is C14H15Cl2NOS. The maximum atomic E-state index is 6.15. The molecule has 2 rings (SSSR count). The van der Waals surface area contributed by atoms with Gasteiger partial charge in [-0.3, -0.25) is 0 Å². The normalized spacial score (nSPS) is 14.1. The molecule has 0 saturated heterocycles. The van der Waals surface area contributed by atoms with Gasteiger partial charge in [-0.05, 0) is 30.0 Å². The lowest BCUT2D eigenvalue weighted by atomic mass is 10.1. The van der Waals surface area contributed by atoms with Crippen LogP contribution in [0.1, 0.15) is 24.3 Å². The third-order valence-corrected chi connectivity index (χ3v) is 4.51. The highest BCUT2D eigenvalue weighted by atomic mass is 35.5. The van der Waals surface area contributed by atoms with E-state index in [2.05, 4.69) is 0 Å². The highest BCUT2D eigenvalue weighted by molar-refractivity contribution is 7.10. The predicted molar refractivity (Wildman–Crippen MR) is 82.4 cm³/mol. The van der Waals surface area contributed by atoms with Crippen molar-refractivity contribution < 1.29 is 4.74 Å². The van der Waals surface area contributed by atoms with Gasteiger partial charge in [-0.2, -0.15) is 0 Å². The maximum absolute atomic E-state index is 6.15. The van der Waals surface area contributed by atoms with Gasteiger partial charge in [-0.1, -0.05) is 36.2 Å². The summed E-state index contributed by atoms with van der Waals surface area (Å²) < 4.78 is 5.99. The molecule has 102 valence electrons. The molecule has 2 atom stereocenters. The van der Waals surface area contributed by atoms with Gasteiger partial charge in [0.1, 0.15) is 11.9 Å². The van der Waals surface area contributed by atoms with Crippen LogP contribution in [0.2, 0.25) is 10.0 Å². The Hall–Kier alpha value is -0.740. The fraction of sp³-hybridized carbons (Fsp3) is 0.286. The summed E-state index contributed by atoms with van der Waals surface area (Å²) in [5.74, 6) is 0.678. The molecule has 0 aliphatic carbocycles. The van der Waals surface area contributed by atoms with Crippen LogP contribution in [0.4, 0.5) is 0 Å². The Morgan fingerprint density at radius 3 is 2.63 bits per heavy atom. The third kappa shape index (κ3) is 3.63. The zero-order chi connectivity index (χ0) is 13.8. The molecule has 0 aliphatic heterocycles. The Kier molecular flexibility index (Phi) is 5.11. The van der Waals surface area contributed by atoms with Crippen LogP contribution < -0.4 is 10.5 Å². The van der Waals surface area contributed by atoms with E-state index in [4.69, 9.17) is 33.7 Å². The molecular weight excluding hydrogens is 301 g/mol. The van der Waals surface area contributed by atoms with Crippen molar-refractivity contribution in [3.8, 4) is 5.75 Å². The summed E-state index contributed by atoms with van der Waals surface area (Å²) in [6.45, 7) is 2.05. The molecule has 1 aromatic heterocycles. The van der Waals surface area contributed by atoms with Crippen molar-refractivity contribution in [1.82, 2.24) is 0 Å². The van der Waals surface area contributed by atoms with Gasteiger partial charge in [0.15, 0.2) is 0 Å². The van der Waals surface area contributed by atoms with Crippen LogP contribution in [0.15, 0.2) is 35.7 Å². The summed E-state index contributed by atoms with van der Waals surface area (Å²) in [5.41, 5.74) is 6.15. The Labute approximate surface area is 127 Å². The number of nitrogens with two attached hydrogens (primary N) is 1. The predicted octanol–water partition coefficient (Wildman–Crippen LogP) is 4.91. The van der Waals surface area contributed by atoms with Crippen LogP contribution in [0.3, 0.4) is 0 Å². The average molecular weight is 316 g/mol. The summed E-state index contributed by atoms with van der Waals surface area (Å²) in [6, 6.07) is 9.20. The topological polar surface area (TPSA) is 35.2 Å². The molecule has 0 radical (unpaired) electrons. The molecule has 0 bridgehead atoms. The molecule has 5 heteroatoms. The van der Waals surface area contributed by atoms with Crippen LogP contribution in [0.25, 0.3) is 0 Å². The van der Waals surface area contributed by atoms with E-state index in [-0.39, 0.29) is 12.1 Å². The maximum Gasteiger partial charge on any atom is 0.148 e. The van der Waals surface area contributed by atoms with Gasteiger partial charge in [-0.15, -0.1) is 11.3 Å². The first kappa shape index (κ1) is 14.7. The molecule has 2 aromatic rings. The summed E-state index contributed by atoms with van der Waals surface area (Å²) in [7, 11) is 0. The number of benzene rings is 1. The smallest absolute Gasteiger partial charge is 0.148 e. The molecule has 19 heavy (non-hydrogen) atoms. The van der Waals surface area contributed by atoms with Crippen molar-refractivity contribution in [3.05, 3.63) is 50.6 Å². The monoisotopic (exact) mass is 315 g/mol. The Morgan fingerprint density at radius 2 is 2.05 bits per heavy atom. The van der Waals surface area contributed by atoms with E-state index in [0.29, 0.717) is 15.8 Å². The van der Waals surface area contributed by atoms with E-state index < -0.39 is 0 Å². The zero-order valence-electron chi connectivity index (χ0n) is 10.5. The SMILES string of the molecule is CCC(N)C(Oc1ccc(Cl)c(Cl)c1)c1cccs1. The van der Waals surface area contributed by atoms with Crippen molar-refractivity contribution in [3.63, 3.8) is 0 Å². The van der Waals surface area contributed by atoms with Gasteiger partial charge in [0.05, 0.1) is 10.0 Å². The van der Waals surface area contributed by atoms with Crippen LogP contribution in [-0.4, -0.2) is 6.04 Å². The molecule has 2 N–H and O–H groups in total. The van der Waals surface area contributed by atoms with Gasteiger partial charge in [0.2, 0.25) is 0 Å². The summed E-state index contributed by atoms with van der Waals surface area (Å²) in [4.78, 5) is 1.11. The first-order valence-electron chi connectivity index (χ1n) is 6.02. The number of thiophene rings is 1. The number of rotatable bonds is 5. The van der Waals surface area contributed by atoms with Crippen LogP contribution in [0.5, 0.6) is 5.75 Å². The second kappa shape index (κ2) is 6.62. The summed E-state index contributed by atoms with van der Waals surface area (Å²) in [6.07, 6.45) is 0.673. The number of halogens is 2. The molecule has 1 heterocycles. The van der Waals surface area contributed by atoms with E-state index in [1.807, 2.05) is 24.4 Å². The standard InChI is InChI=1S/C14H15Cl2NOS/c1-2-12(17)14(13-4-3-7-19-13)18-9-5-6-10(15)11(16)8-9/h3-8,12,14H,2,17H2,1H3. The van der Waals surface area contributed by atoms with Crippen molar-refractivity contribution in [2.75, 3.05) is 0 Å². The Balaban J connectivity index is 2.23. The third-order valence-electron chi connectivity index (χ3n) is 2.84. The van der Waals surface area contributed by atoms with Gasteiger partial charge in [0, 0.05) is 17.0 Å². The van der Waals surface area contributed by atoms with E-state index >= 15 is 0 Å². The zero-order valence-corrected chi connectivity index (χ0v) is 12.8. The molecule has 2 nitrogen and oxygen atoms in total. The van der Waals surface area contributed by atoms with Gasteiger partial charge in [0.25, 0.3) is 0 Å². The molecule has 0 spiro atoms. The summed E-state index contributed by atoms with van der Waals surface area (Å²) in [5, 5.41) is 3.01. The molecule has 2 unspecified atom stereocenters. The Bertz CT molecular complexity index is 530. The van der Waals surface area contributed by atoms with E-state index in [1.54, 1.807) is 29.5 Å². The lowest BCUT2D eigenvalue weighted by Crippen LogP contribution is -2.30.